The summed E-state index contributed by atoms with van der Waals surface area (Å²) < 4.78 is 21.0. The van der Waals surface area contributed by atoms with Crippen molar-refractivity contribution in [3.05, 3.63) is 47.5 Å². The van der Waals surface area contributed by atoms with Gasteiger partial charge in [-0.1, -0.05) is 6.07 Å². The number of halogens is 1. The normalized spacial score (nSPS) is 21.3. The molecule has 0 saturated carbocycles. The molecular formula is C18H24FN3O2. The average Bonchev–Trinajstić information content (AvgIpc) is 3.16. The zero-order valence-electron chi connectivity index (χ0n) is 14.2. The predicted octanol–water partition coefficient (Wildman–Crippen LogP) is 2.17. The van der Waals surface area contributed by atoms with Gasteiger partial charge in [0.15, 0.2) is 11.6 Å². The maximum atomic E-state index is 14.0. The van der Waals surface area contributed by atoms with E-state index in [9.17, 15) is 9.50 Å². The third kappa shape index (κ3) is 3.60. The molecular weight excluding hydrogens is 309 g/mol. The van der Waals surface area contributed by atoms with Crippen LogP contribution in [-0.2, 0) is 13.6 Å². The summed E-state index contributed by atoms with van der Waals surface area (Å²) in [7, 11) is 1.90. The van der Waals surface area contributed by atoms with Crippen molar-refractivity contribution in [1.29, 1.82) is 0 Å². The number of likely N-dealkylation sites (tertiary alicyclic amines) is 1. The van der Waals surface area contributed by atoms with Gasteiger partial charge in [0.05, 0.1) is 12.8 Å². The zero-order chi connectivity index (χ0) is 17.1. The molecule has 1 saturated heterocycles. The number of ether oxygens (including phenoxy) is 1. The SMILES string of the molecule is CCOc1ccc(CN2C[C@@H](CO)[C@H](c3cnn(C)c3)C2)cc1F. The Morgan fingerprint density at radius 3 is 2.83 bits per heavy atom. The van der Waals surface area contributed by atoms with E-state index in [2.05, 4.69) is 10.00 Å². The lowest BCUT2D eigenvalue weighted by atomic mass is 9.92. The molecule has 1 aliphatic heterocycles. The van der Waals surface area contributed by atoms with Crippen molar-refractivity contribution in [3.63, 3.8) is 0 Å². The highest BCUT2D eigenvalue weighted by molar-refractivity contribution is 5.29. The molecule has 0 bridgehead atoms. The molecule has 0 radical (unpaired) electrons. The molecule has 6 heteroatoms. The van der Waals surface area contributed by atoms with E-state index >= 15 is 0 Å². The minimum atomic E-state index is -0.323. The Bertz CT molecular complexity index is 689. The van der Waals surface area contributed by atoms with Gasteiger partial charge in [-0.15, -0.1) is 0 Å². The van der Waals surface area contributed by atoms with Crippen molar-refractivity contribution in [1.82, 2.24) is 14.7 Å². The van der Waals surface area contributed by atoms with Gasteiger partial charge >= 0.3 is 0 Å². The van der Waals surface area contributed by atoms with Crippen molar-refractivity contribution in [2.24, 2.45) is 13.0 Å². The maximum absolute atomic E-state index is 14.0. The van der Waals surface area contributed by atoms with Gasteiger partial charge in [-0.25, -0.2) is 4.39 Å². The fourth-order valence-corrected chi connectivity index (χ4v) is 3.46. The van der Waals surface area contributed by atoms with E-state index in [4.69, 9.17) is 4.74 Å². The first-order chi connectivity index (χ1) is 11.6. The molecule has 0 unspecified atom stereocenters. The topological polar surface area (TPSA) is 50.5 Å². The summed E-state index contributed by atoms with van der Waals surface area (Å²) >= 11 is 0. The Labute approximate surface area is 141 Å². The van der Waals surface area contributed by atoms with E-state index in [1.165, 1.54) is 6.07 Å². The van der Waals surface area contributed by atoms with E-state index < -0.39 is 0 Å². The molecule has 0 spiro atoms. The average molecular weight is 333 g/mol. The molecule has 130 valence electrons. The number of rotatable bonds is 6. The summed E-state index contributed by atoms with van der Waals surface area (Å²) in [4.78, 5) is 2.26. The molecule has 24 heavy (non-hydrogen) atoms. The number of aromatic nitrogens is 2. The predicted molar refractivity (Wildman–Crippen MR) is 89.4 cm³/mol. The molecule has 1 aromatic heterocycles. The molecule has 5 nitrogen and oxygen atoms in total. The van der Waals surface area contributed by atoms with Crippen LogP contribution in [0.3, 0.4) is 0 Å². The van der Waals surface area contributed by atoms with Gasteiger partial charge in [0.2, 0.25) is 0 Å². The third-order valence-corrected chi connectivity index (χ3v) is 4.61. The molecule has 2 heterocycles. The van der Waals surface area contributed by atoms with Crippen LogP contribution in [0.1, 0.15) is 24.0 Å². The number of hydrogen-bond donors (Lipinski definition) is 1. The quantitative estimate of drug-likeness (QED) is 0.880. The van der Waals surface area contributed by atoms with Crippen molar-refractivity contribution in [3.8, 4) is 5.75 Å². The van der Waals surface area contributed by atoms with Crippen LogP contribution in [0.25, 0.3) is 0 Å². The number of nitrogens with zero attached hydrogens (tertiary/aromatic N) is 3. The fraction of sp³-hybridized carbons (Fsp3) is 0.500. The highest BCUT2D eigenvalue weighted by Gasteiger charge is 2.34. The van der Waals surface area contributed by atoms with Gasteiger partial charge < -0.3 is 9.84 Å². The summed E-state index contributed by atoms with van der Waals surface area (Å²) in [6, 6.07) is 5.13. The number of aliphatic hydroxyl groups is 1. The Balaban J connectivity index is 1.69. The zero-order valence-corrected chi connectivity index (χ0v) is 14.2. The van der Waals surface area contributed by atoms with E-state index in [0.29, 0.717) is 18.9 Å². The molecule has 2 aromatic rings. The lowest BCUT2D eigenvalue weighted by Crippen LogP contribution is -2.21. The van der Waals surface area contributed by atoms with E-state index in [-0.39, 0.29) is 24.3 Å². The summed E-state index contributed by atoms with van der Waals surface area (Å²) in [5.41, 5.74) is 2.07. The summed E-state index contributed by atoms with van der Waals surface area (Å²) in [5.74, 6) is 0.415. The fourth-order valence-electron chi connectivity index (χ4n) is 3.46. The molecule has 1 fully saturated rings. The number of aryl methyl sites for hydroxylation is 1. The number of aliphatic hydroxyl groups excluding tert-OH is 1. The van der Waals surface area contributed by atoms with Gasteiger partial charge in [0.25, 0.3) is 0 Å². The minimum Gasteiger partial charge on any atom is -0.491 e. The Morgan fingerprint density at radius 2 is 2.21 bits per heavy atom. The second-order valence-electron chi connectivity index (χ2n) is 6.39. The van der Waals surface area contributed by atoms with E-state index in [1.54, 1.807) is 10.7 Å². The van der Waals surface area contributed by atoms with Crippen LogP contribution in [-0.4, -0.2) is 46.1 Å². The monoisotopic (exact) mass is 333 g/mol. The van der Waals surface area contributed by atoms with Crippen LogP contribution in [0, 0.1) is 11.7 Å². The van der Waals surface area contributed by atoms with Crippen LogP contribution in [0.5, 0.6) is 5.75 Å². The summed E-state index contributed by atoms with van der Waals surface area (Å²) in [5, 5.41) is 13.9. The first kappa shape index (κ1) is 16.9. The van der Waals surface area contributed by atoms with Gasteiger partial charge in [-0.3, -0.25) is 9.58 Å². The Kier molecular flexibility index (Phi) is 5.16. The molecule has 1 aromatic carbocycles. The first-order valence-electron chi connectivity index (χ1n) is 8.33. The van der Waals surface area contributed by atoms with Crippen LogP contribution >= 0.6 is 0 Å². The second-order valence-corrected chi connectivity index (χ2v) is 6.39. The highest BCUT2D eigenvalue weighted by Crippen LogP contribution is 2.33. The molecule has 1 aliphatic rings. The molecule has 2 atom stereocenters. The minimum absolute atomic E-state index is 0.147. The Hall–Kier alpha value is -1.92. The number of benzene rings is 1. The molecule has 3 rings (SSSR count). The van der Waals surface area contributed by atoms with Gasteiger partial charge in [0.1, 0.15) is 0 Å². The Morgan fingerprint density at radius 1 is 1.38 bits per heavy atom. The molecule has 0 aliphatic carbocycles. The lowest BCUT2D eigenvalue weighted by Gasteiger charge is -2.16. The van der Waals surface area contributed by atoms with Crippen molar-refractivity contribution >= 4 is 0 Å². The summed E-state index contributed by atoms with van der Waals surface area (Å²) in [6.45, 7) is 4.74. The van der Waals surface area contributed by atoms with Crippen LogP contribution in [0.4, 0.5) is 4.39 Å². The van der Waals surface area contributed by atoms with Gasteiger partial charge in [-0.05, 0) is 30.2 Å². The van der Waals surface area contributed by atoms with Crippen LogP contribution in [0.15, 0.2) is 30.6 Å². The van der Waals surface area contributed by atoms with E-state index in [1.807, 2.05) is 32.4 Å². The smallest absolute Gasteiger partial charge is 0.165 e. The third-order valence-electron chi connectivity index (χ3n) is 4.61. The molecule has 0 amide bonds. The van der Waals surface area contributed by atoms with Crippen molar-refractivity contribution in [2.45, 2.75) is 19.4 Å². The van der Waals surface area contributed by atoms with Gasteiger partial charge in [0, 0.05) is 51.3 Å². The first-order valence-corrected chi connectivity index (χ1v) is 8.33. The maximum Gasteiger partial charge on any atom is 0.165 e. The largest absolute Gasteiger partial charge is 0.491 e. The number of hydrogen-bond acceptors (Lipinski definition) is 4. The van der Waals surface area contributed by atoms with Crippen molar-refractivity contribution in [2.75, 3.05) is 26.3 Å². The summed E-state index contributed by atoms with van der Waals surface area (Å²) in [6.07, 6.45) is 3.88. The highest BCUT2D eigenvalue weighted by atomic mass is 19.1. The van der Waals surface area contributed by atoms with Gasteiger partial charge in [-0.2, -0.15) is 5.10 Å². The van der Waals surface area contributed by atoms with Crippen molar-refractivity contribution < 1.29 is 14.2 Å². The molecule has 1 N–H and O–H groups in total. The van der Waals surface area contributed by atoms with E-state index in [0.717, 1.165) is 24.2 Å². The standard InChI is InChI=1S/C18H24FN3O2/c1-3-24-18-5-4-13(6-17(18)19)8-22-10-15(12-23)16(11-22)14-7-20-21(2)9-14/h4-7,9,15-16,23H,3,8,10-12H2,1-2H3/t15-,16-/m0/s1. The van der Waals surface area contributed by atoms with Crippen LogP contribution in [0.2, 0.25) is 0 Å². The lowest BCUT2D eigenvalue weighted by molar-refractivity contribution is 0.214. The van der Waals surface area contributed by atoms with Crippen LogP contribution < -0.4 is 4.74 Å². The second kappa shape index (κ2) is 7.32.